The molecule has 0 atom stereocenters. The number of amides is 1. The summed E-state index contributed by atoms with van der Waals surface area (Å²) >= 11 is 0. The molecule has 0 aliphatic carbocycles. The molecule has 6 nitrogen and oxygen atoms in total. The first-order chi connectivity index (χ1) is 10.3. The SMILES string of the molecule is O=C(Cc1ccccc1)Nc1ccc(-n2cnnc2)nc1. The minimum atomic E-state index is -0.0694. The van der Waals surface area contributed by atoms with E-state index in [1.165, 1.54) is 0 Å². The van der Waals surface area contributed by atoms with Gasteiger partial charge in [-0.05, 0) is 17.7 Å². The van der Waals surface area contributed by atoms with Gasteiger partial charge in [-0.1, -0.05) is 30.3 Å². The van der Waals surface area contributed by atoms with Gasteiger partial charge in [0.25, 0.3) is 0 Å². The van der Waals surface area contributed by atoms with Crippen molar-refractivity contribution < 1.29 is 4.79 Å². The minimum absolute atomic E-state index is 0.0694. The molecule has 2 heterocycles. The number of pyridine rings is 1. The highest BCUT2D eigenvalue weighted by Gasteiger charge is 2.04. The van der Waals surface area contributed by atoms with Crippen LogP contribution in [0.25, 0.3) is 5.82 Å². The zero-order chi connectivity index (χ0) is 14.5. The van der Waals surface area contributed by atoms with Crippen molar-refractivity contribution in [2.24, 2.45) is 0 Å². The van der Waals surface area contributed by atoms with E-state index in [9.17, 15) is 4.79 Å². The summed E-state index contributed by atoms with van der Waals surface area (Å²) in [5, 5.41) is 10.3. The van der Waals surface area contributed by atoms with Crippen LogP contribution in [0.4, 0.5) is 5.69 Å². The van der Waals surface area contributed by atoms with Crippen LogP contribution in [0.5, 0.6) is 0 Å². The van der Waals surface area contributed by atoms with E-state index in [-0.39, 0.29) is 5.91 Å². The molecule has 3 aromatic rings. The van der Waals surface area contributed by atoms with Gasteiger partial charge in [-0.2, -0.15) is 0 Å². The summed E-state index contributed by atoms with van der Waals surface area (Å²) in [5.41, 5.74) is 1.64. The summed E-state index contributed by atoms with van der Waals surface area (Å²) in [6.45, 7) is 0. The van der Waals surface area contributed by atoms with Gasteiger partial charge in [-0.15, -0.1) is 10.2 Å². The number of anilines is 1. The van der Waals surface area contributed by atoms with Crippen LogP contribution in [0, 0.1) is 0 Å². The van der Waals surface area contributed by atoms with Gasteiger partial charge in [0.15, 0.2) is 0 Å². The molecule has 21 heavy (non-hydrogen) atoms. The molecule has 1 amide bonds. The number of nitrogens with zero attached hydrogens (tertiary/aromatic N) is 4. The van der Waals surface area contributed by atoms with Gasteiger partial charge in [0.2, 0.25) is 5.91 Å². The molecule has 3 rings (SSSR count). The van der Waals surface area contributed by atoms with Gasteiger partial charge in [0, 0.05) is 0 Å². The Bertz CT molecular complexity index is 708. The smallest absolute Gasteiger partial charge is 0.228 e. The molecule has 0 saturated carbocycles. The highest BCUT2D eigenvalue weighted by atomic mass is 16.1. The fourth-order valence-corrected chi connectivity index (χ4v) is 1.92. The van der Waals surface area contributed by atoms with E-state index in [2.05, 4.69) is 20.5 Å². The van der Waals surface area contributed by atoms with Crippen LogP contribution in [-0.2, 0) is 11.2 Å². The fraction of sp³-hybridized carbons (Fsp3) is 0.0667. The maximum atomic E-state index is 11.9. The van der Waals surface area contributed by atoms with Crippen molar-refractivity contribution in [1.82, 2.24) is 19.7 Å². The number of benzene rings is 1. The molecule has 0 saturated heterocycles. The number of rotatable bonds is 4. The van der Waals surface area contributed by atoms with Crippen molar-refractivity contribution in [2.45, 2.75) is 6.42 Å². The van der Waals surface area contributed by atoms with Gasteiger partial charge in [0.05, 0.1) is 18.3 Å². The summed E-state index contributed by atoms with van der Waals surface area (Å²) in [4.78, 5) is 16.2. The average Bonchev–Trinajstić information content (AvgIpc) is 3.03. The summed E-state index contributed by atoms with van der Waals surface area (Å²) < 4.78 is 1.69. The van der Waals surface area contributed by atoms with Gasteiger partial charge < -0.3 is 5.32 Å². The van der Waals surface area contributed by atoms with Crippen LogP contribution in [-0.4, -0.2) is 25.7 Å². The molecule has 0 bridgehead atoms. The number of hydrogen-bond acceptors (Lipinski definition) is 4. The molecule has 1 N–H and O–H groups in total. The third kappa shape index (κ3) is 3.30. The Hall–Kier alpha value is -3.02. The second kappa shape index (κ2) is 5.96. The van der Waals surface area contributed by atoms with E-state index in [0.717, 1.165) is 5.56 Å². The highest BCUT2D eigenvalue weighted by molar-refractivity contribution is 5.92. The largest absolute Gasteiger partial charge is 0.324 e. The first-order valence-corrected chi connectivity index (χ1v) is 6.46. The van der Waals surface area contributed by atoms with Gasteiger partial charge in [-0.3, -0.25) is 9.36 Å². The minimum Gasteiger partial charge on any atom is -0.324 e. The van der Waals surface area contributed by atoms with E-state index < -0.39 is 0 Å². The zero-order valence-corrected chi connectivity index (χ0v) is 11.2. The molecule has 2 aromatic heterocycles. The second-order valence-corrected chi connectivity index (χ2v) is 4.48. The lowest BCUT2D eigenvalue weighted by molar-refractivity contribution is -0.115. The van der Waals surface area contributed by atoms with Crippen molar-refractivity contribution in [3.8, 4) is 5.82 Å². The van der Waals surface area contributed by atoms with Crippen molar-refractivity contribution in [3.63, 3.8) is 0 Å². The lowest BCUT2D eigenvalue weighted by Gasteiger charge is -2.06. The number of carbonyl (C=O) groups is 1. The molecule has 6 heteroatoms. The standard InChI is InChI=1S/C15H13N5O/c21-15(8-12-4-2-1-3-5-12)19-13-6-7-14(16-9-13)20-10-17-18-11-20/h1-7,9-11H,8H2,(H,19,21). The van der Waals surface area contributed by atoms with E-state index >= 15 is 0 Å². The predicted octanol–water partition coefficient (Wildman–Crippen LogP) is 1.84. The Kier molecular flexibility index (Phi) is 3.68. The van der Waals surface area contributed by atoms with E-state index in [1.54, 1.807) is 35.6 Å². The Morgan fingerprint density at radius 1 is 1.05 bits per heavy atom. The predicted molar refractivity (Wildman–Crippen MR) is 77.9 cm³/mol. The molecule has 104 valence electrons. The maximum Gasteiger partial charge on any atom is 0.228 e. The van der Waals surface area contributed by atoms with Crippen molar-refractivity contribution >= 4 is 11.6 Å². The van der Waals surface area contributed by atoms with Crippen LogP contribution >= 0.6 is 0 Å². The molecular formula is C15H13N5O. The second-order valence-electron chi connectivity index (χ2n) is 4.48. The molecule has 0 aliphatic heterocycles. The molecule has 0 unspecified atom stereocenters. The Morgan fingerprint density at radius 3 is 2.48 bits per heavy atom. The topological polar surface area (TPSA) is 72.7 Å². The first-order valence-electron chi connectivity index (χ1n) is 6.46. The van der Waals surface area contributed by atoms with E-state index in [1.807, 2.05) is 30.3 Å². The highest BCUT2D eigenvalue weighted by Crippen LogP contribution is 2.10. The Labute approximate surface area is 121 Å². The maximum absolute atomic E-state index is 11.9. The van der Waals surface area contributed by atoms with Gasteiger partial charge in [0.1, 0.15) is 18.5 Å². The fourth-order valence-electron chi connectivity index (χ4n) is 1.92. The number of aromatic nitrogens is 4. The Morgan fingerprint density at radius 2 is 1.81 bits per heavy atom. The van der Waals surface area contributed by atoms with Crippen molar-refractivity contribution in [3.05, 3.63) is 66.9 Å². The summed E-state index contributed by atoms with van der Waals surface area (Å²) in [6.07, 6.45) is 5.08. The van der Waals surface area contributed by atoms with Crippen molar-refractivity contribution in [2.75, 3.05) is 5.32 Å². The van der Waals surface area contributed by atoms with Crippen LogP contribution in [0.15, 0.2) is 61.3 Å². The summed E-state index contributed by atoms with van der Waals surface area (Å²) in [6, 6.07) is 13.2. The van der Waals surface area contributed by atoms with Crippen LogP contribution in [0.3, 0.4) is 0 Å². The quantitative estimate of drug-likeness (QED) is 0.791. The van der Waals surface area contributed by atoms with Crippen molar-refractivity contribution in [1.29, 1.82) is 0 Å². The van der Waals surface area contributed by atoms with Crippen LogP contribution in [0.1, 0.15) is 5.56 Å². The lowest BCUT2D eigenvalue weighted by Crippen LogP contribution is -2.14. The molecular weight excluding hydrogens is 266 g/mol. The molecule has 0 fully saturated rings. The van der Waals surface area contributed by atoms with Gasteiger partial charge in [-0.25, -0.2) is 4.98 Å². The molecule has 0 spiro atoms. The Balaban J connectivity index is 1.64. The van der Waals surface area contributed by atoms with Crippen LogP contribution < -0.4 is 5.32 Å². The van der Waals surface area contributed by atoms with Gasteiger partial charge >= 0.3 is 0 Å². The normalized spacial score (nSPS) is 10.3. The third-order valence-corrected chi connectivity index (χ3v) is 2.92. The molecule has 0 aliphatic rings. The van der Waals surface area contributed by atoms with E-state index in [0.29, 0.717) is 17.9 Å². The monoisotopic (exact) mass is 279 g/mol. The number of nitrogens with one attached hydrogen (secondary N) is 1. The van der Waals surface area contributed by atoms with Crippen LogP contribution in [0.2, 0.25) is 0 Å². The van der Waals surface area contributed by atoms with E-state index in [4.69, 9.17) is 0 Å². The molecule has 1 aromatic carbocycles. The number of hydrogen-bond donors (Lipinski definition) is 1. The number of carbonyl (C=O) groups excluding carboxylic acids is 1. The molecule has 0 radical (unpaired) electrons. The average molecular weight is 279 g/mol. The summed E-state index contributed by atoms with van der Waals surface area (Å²) in [7, 11) is 0. The lowest BCUT2D eigenvalue weighted by atomic mass is 10.1. The third-order valence-electron chi connectivity index (χ3n) is 2.92. The zero-order valence-electron chi connectivity index (χ0n) is 11.2. The first kappa shape index (κ1) is 13.0. The summed E-state index contributed by atoms with van der Waals surface area (Å²) in [5.74, 6) is 0.626.